The van der Waals surface area contributed by atoms with E-state index in [1.165, 1.54) is 7.11 Å². The van der Waals surface area contributed by atoms with Crippen molar-refractivity contribution in [2.75, 3.05) is 25.6 Å². The molecule has 3 rings (SSSR count). The molecule has 0 bridgehead atoms. The van der Waals surface area contributed by atoms with E-state index in [0.29, 0.717) is 29.3 Å². The van der Waals surface area contributed by atoms with Crippen LogP contribution in [0.5, 0.6) is 0 Å². The lowest BCUT2D eigenvalue weighted by atomic mass is 10.2. The highest BCUT2D eigenvalue weighted by Gasteiger charge is 2.16. The molecule has 0 radical (unpaired) electrons. The number of ether oxygens (including phenoxy) is 2. The summed E-state index contributed by atoms with van der Waals surface area (Å²) in [6, 6.07) is 15.7. The normalized spacial score (nSPS) is 16.5. The van der Waals surface area contributed by atoms with Crippen LogP contribution in [0.15, 0.2) is 59.6 Å². The van der Waals surface area contributed by atoms with Gasteiger partial charge in [0.15, 0.2) is 0 Å². The van der Waals surface area contributed by atoms with Crippen LogP contribution in [0.4, 0.5) is 5.69 Å². The maximum Gasteiger partial charge on any atom is 0.337 e. The number of nitrogens with zero attached hydrogens (tertiary/aromatic N) is 1. The number of carbonyl (C=O) groups is 2. The van der Waals surface area contributed by atoms with E-state index in [0.717, 1.165) is 19.4 Å². The molecule has 0 saturated carbocycles. The lowest BCUT2D eigenvalue weighted by Gasteiger charge is -2.14. The fourth-order valence-electron chi connectivity index (χ4n) is 2.84. The predicted octanol–water partition coefficient (Wildman–Crippen LogP) is 2.85. The Morgan fingerprint density at radius 2 is 1.93 bits per heavy atom. The molecule has 1 aliphatic rings. The summed E-state index contributed by atoms with van der Waals surface area (Å²) in [6.07, 6.45) is 2.01. The molecule has 0 spiro atoms. The second-order valence-corrected chi connectivity index (χ2v) is 6.34. The number of anilines is 1. The van der Waals surface area contributed by atoms with Gasteiger partial charge in [0.1, 0.15) is 0 Å². The minimum absolute atomic E-state index is 0.0480. The van der Waals surface area contributed by atoms with Gasteiger partial charge < -0.3 is 14.8 Å². The van der Waals surface area contributed by atoms with E-state index in [-0.39, 0.29) is 12.0 Å². The van der Waals surface area contributed by atoms with Crippen molar-refractivity contribution in [1.82, 2.24) is 5.32 Å². The molecule has 2 N–H and O–H groups in total. The van der Waals surface area contributed by atoms with Crippen molar-refractivity contribution < 1.29 is 19.1 Å². The molecule has 1 heterocycles. The zero-order valence-electron chi connectivity index (χ0n) is 15.7. The monoisotopic (exact) mass is 381 g/mol. The largest absolute Gasteiger partial charge is 0.465 e. The molecular weight excluding hydrogens is 358 g/mol. The van der Waals surface area contributed by atoms with Gasteiger partial charge in [0.2, 0.25) is 5.96 Å². The Labute approximate surface area is 163 Å². The summed E-state index contributed by atoms with van der Waals surface area (Å²) < 4.78 is 10.3. The Morgan fingerprint density at radius 1 is 1.14 bits per heavy atom. The number of methoxy groups -OCH3 is 1. The number of amides is 1. The van der Waals surface area contributed by atoms with Gasteiger partial charge in [-0.15, -0.1) is 0 Å². The molecule has 0 aliphatic carbocycles. The number of hydrogen-bond acceptors (Lipinski definition) is 5. The summed E-state index contributed by atoms with van der Waals surface area (Å²) in [7, 11) is 1.33. The smallest absolute Gasteiger partial charge is 0.337 e. The highest BCUT2D eigenvalue weighted by atomic mass is 16.5. The fraction of sp³-hybridized carbons (Fsp3) is 0.286. The molecule has 0 unspecified atom stereocenters. The second-order valence-electron chi connectivity index (χ2n) is 6.34. The molecule has 28 heavy (non-hydrogen) atoms. The van der Waals surface area contributed by atoms with Gasteiger partial charge in [-0.25, -0.2) is 9.79 Å². The Kier molecular flexibility index (Phi) is 6.75. The summed E-state index contributed by atoms with van der Waals surface area (Å²) in [5.74, 6) is -0.413. The van der Waals surface area contributed by atoms with Crippen molar-refractivity contribution >= 4 is 23.5 Å². The Hall–Kier alpha value is -3.19. The van der Waals surface area contributed by atoms with Gasteiger partial charge in [0, 0.05) is 17.9 Å². The quantitative estimate of drug-likeness (QED) is 0.472. The average molecular weight is 381 g/mol. The second kappa shape index (κ2) is 9.66. The highest BCUT2D eigenvalue weighted by Crippen LogP contribution is 2.14. The van der Waals surface area contributed by atoms with Gasteiger partial charge in [-0.1, -0.05) is 24.3 Å². The van der Waals surface area contributed by atoms with Crippen molar-refractivity contribution in [2.24, 2.45) is 4.99 Å². The Bertz CT molecular complexity index is 846. The van der Waals surface area contributed by atoms with E-state index < -0.39 is 5.97 Å². The molecule has 2 aromatic rings. The third-order valence-corrected chi connectivity index (χ3v) is 4.29. The van der Waals surface area contributed by atoms with E-state index in [9.17, 15) is 9.59 Å². The first kappa shape index (κ1) is 19.6. The van der Waals surface area contributed by atoms with E-state index in [1.54, 1.807) is 48.5 Å². The minimum Gasteiger partial charge on any atom is -0.465 e. The summed E-state index contributed by atoms with van der Waals surface area (Å²) in [4.78, 5) is 28.8. The first-order valence-corrected chi connectivity index (χ1v) is 9.13. The van der Waals surface area contributed by atoms with E-state index >= 15 is 0 Å². The molecule has 1 fully saturated rings. The highest BCUT2D eigenvalue weighted by molar-refractivity contribution is 6.10. The van der Waals surface area contributed by atoms with Crippen molar-refractivity contribution in [1.29, 1.82) is 0 Å². The maximum atomic E-state index is 12.5. The Balaban J connectivity index is 1.76. The summed E-state index contributed by atoms with van der Waals surface area (Å²) in [5.41, 5.74) is 1.54. The molecule has 1 amide bonds. The molecule has 0 aromatic heterocycles. The number of aliphatic imine (C=N–C) groups is 1. The first-order chi connectivity index (χ1) is 13.7. The van der Waals surface area contributed by atoms with E-state index in [2.05, 4.69) is 15.6 Å². The minimum atomic E-state index is -0.435. The van der Waals surface area contributed by atoms with Crippen LogP contribution in [-0.2, 0) is 9.47 Å². The summed E-state index contributed by atoms with van der Waals surface area (Å²) in [6.45, 7) is 1.18. The number of guanidine groups is 1. The van der Waals surface area contributed by atoms with Crippen LogP contribution in [0.1, 0.15) is 33.6 Å². The molecule has 1 atom stereocenters. The van der Waals surface area contributed by atoms with Crippen LogP contribution in [0, 0.1) is 0 Å². The number of esters is 1. The lowest BCUT2D eigenvalue weighted by molar-refractivity contribution is 0.0600. The Morgan fingerprint density at radius 3 is 2.64 bits per heavy atom. The van der Waals surface area contributed by atoms with Gasteiger partial charge in [0.05, 0.1) is 25.3 Å². The lowest BCUT2D eigenvalue weighted by Crippen LogP contribution is -2.36. The van der Waals surface area contributed by atoms with E-state index in [4.69, 9.17) is 9.47 Å². The topological polar surface area (TPSA) is 89.0 Å². The summed E-state index contributed by atoms with van der Waals surface area (Å²) in [5, 5.41) is 5.87. The number of carbonyl (C=O) groups excluding carboxylic acids is 2. The molecule has 146 valence electrons. The molecular formula is C21H23N3O4. The molecule has 1 aliphatic heterocycles. The van der Waals surface area contributed by atoms with Gasteiger partial charge in [-0.3, -0.25) is 10.1 Å². The fourth-order valence-corrected chi connectivity index (χ4v) is 2.84. The molecule has 1 saturated heterocycles. The van der Waals surface area contributed by atoms with Crippen LogP contribution < -0.4 is 10.6 Å². The maximum absolute atomic E-state index is 12.5. The van der Waals surface area contributed by atoms with Gasteiger partial charge >= 0.3 is 5.97 Å². The van der Waals surface area contributed by atoms with Crippen LogP contribution in [0.2, 0.25) is 0 Å². The molecule has 7 nitrogen and oxygen atoms in total. The summed E-state index contributed by atoms with van der Waals surface area (Å²) >= 11 is 0. The third-order valence-electron chi connectivity index (χ3n) is 4.29. The average Bonchev–Trinajstić information content (AvgIpc) is 3.26. The third kappa shape index (κ3) is 5.40. The van der Waals surface area contributed by atoms with Gasteiger partial charge in [0.25, 0.3) is 5.91 Å². The number of rotatable bonds is 5. The van der Waals surface area contributed by atoms with Gasteiger partial charge in [-0.2, -0.15) is 0 Å². The standard InChI is InChI=1S/C21H23N3O4/c1-27-20(26)16-9-5-10-17(13-16)23-21(22-14-18-11-6-12-28-18)24-19(25)15-7-3-2-4-8-15/h2-5,7-10,13,18H,6,11-12,14H2,1H3,(H2,22,23,24,25)/t18-/m1/s1. The van der Waals surface area contributed by atoms with E-state index in [1.807, 2.05) is 6.07 Å². The number of hydrogen-bond donors (Lipinski definition) is 2. The van der Waals surface area contributed by atoms with Crippen molar-refractivity contribution in [3.63, 3.8) is 0 Å². The number of benzene rings is 2. The van der Waals surface area contributed by atoms with Crippen LogP contribution in [0.3, 0.4) is 0 Å². The van der Waals surface area contributed by atoms with Crippen LogP contribution in [0.25, 0.3) is 0 Å². The molecule has 7 heteroatoms. The molecule has 2 aromatic carbocycles. The zero-order valence-corrected chi connectivity index (χ0v) is 15.7. The number of nitrogens with one attached hydrogen (secondary N) is 2. The van der Waals surface area contributed by atoms with Crippen molar-refractivity contribution in [3.8, 4) is 0 Å². The zero-order chi connectivity index (χ0) is 19.8. The predicted molar refractivity (Wildman–Crippen MR) is 107 cm³/mol. The van der Waals surface area contributed by atoms with Gasteiger partial charge in [-0.05, 0) is 43.2 Å². The van der Waals surface area contributed by atoms with Crippen molar-refractivity contribution in [2.45, 2.75) is 18.9 Å². The van der Waals surface area contributed by atoms with Crippen molar-refractivity contribution in [3.05, 3.63) is 65.7 Å². The SMILES string of the molecule is COC(=O)c1cccc(NC(=NC[C@H]2CCCO2)NC(=O)c2ccccc2)c1. The van der Waals surface area contributed by atoms with Crippen LogP contribution >= 0.6 is 0 Å². The van der Waals surface area contributed by atoms with Crippen LogP contribution in [-0.4, -0.2) is 44.2 Å². The first-order valence-electron chi connectivity index (χ1n) is 9.13.